The van der Waals surface area contributed by atoms with Gasteiger partial charge in [0, 0.05) is 12.2 Å². The van der Waals surface area contributed by atoms with Gasteiger partial charge in [0.15, 0.2) is 0 Å². The van der Waals surface area contributed by atoms with Crippen LogP contribution in [0.3, 0.4) is 0 Å². The van der Waals surface area contributed by atoms with Crippen LogP contribution in [0.1, 0.15) is 23.2 Å². The summed E-state index contributed by atoms with van der Waals surface area (Å²) in [5.74, 6) is -0.113. The fraction of sp³-hybridized carbons (Fsp3) is 0.235. The molecule has 0 bridgehead atoms. The zero-order valence-electron chi connectivity index (χ0n) is 14.1. The normalized spacial score (nSPS) is 13.1. The number of hydrogen-bond acceptors (Lipinski definition) is 4. The number of nitrogens with one attached hydrogen (secondary N) is 1. The number of hydrogen-bond donors (Lipinski definition) is 1. The maximum atomic E-state index is 13.3. The summed E-state index contributed by atoms with van der Waals surface area (Å²) in [5, 5.41) is 4.16. The van der Waals surface area contributed by atoms with Crippen LogP contribution in [0.15, 0.2) is 52.0 Å². The van der Waals surface area contributed by atoms with Crippen LogP contribution >= 0.6 is 11.6 Å². The van der Waals surface area contributed by atoms with Crippen molar-refractivity contribution in [3.8, 4) is 0 Å². The molecular weight excluding hydrogens is 381 g/mol. The Labute approximate surface area is 155 Å². The minimum Gasteiger partial charge on any atom is -0.467 e. The number of rotatable bonds is 6. The van der Waals surface area contributed by atoms with Gasteiger partial charge in [-0.15, -0.1) is 0 Å². The van der Waals surface area contributed by atoms with Crippen LogP contribution in [0.25, 0.3) is 0 Å². The molecule has 1 unspecified atom stereocenters. The first-order valence-corrected chi connectivity index (χ1v) is 9.65. The van der Waals surface area contributed by atoms with Crippen molar-refractivity contribution >= 4 is 21.6 Å². The lowest BCUT2D eigenvalue weighted by Crippen LogP contribution is -2.32. The molecule has 6 nitrogen and oxygen atoms in total. The monoisotopic (exact) mass is 397 g/mol. The lowest BCUT2D eigenvalue weighted by molar-refractivity contribution is 0.397. The Morgan fingerprint density at radius 1 is 1.31 bits per heavy atom. The lowest BCUT2D eigenvalue weighted by atomic mass is 10.2. The van der Waals surface area contributed by atoms with Crippen molar-refractivity contribution in [2.75, 3.05) is 6.54 Å². The SMILES string of the molecule is Cc1cc(C)n(C(CNS(=O)(=O)c2ccc(F)c(Cl)c2)c2ccco2)n1. The van der Waals surface area contributed by atoms with Crippen molar-refractivity contribution in [1.29, 1.82) is 0 Å². The highest BCUT2D eigenvalue weighted by Gasteiger charge is 2.23. The van der Waals surface area contributed by atoms with Crippen LogP contribution in [-0.2, 0) is 10.0 Å². The van der Waals surface area contributed by atoms with Crippen molar-refractivity contribution in [1.82, 2.24) is 14.5 Å². The molecule has 1 aromatic carbocycles. The van der Waals surface area contributed by atoms with E-state index in [9.17, 15) is 12.8 Å². The second kappa shape index (κ2) is 7.22. The zero-order chi connectivity index (χ0) is 18.9. The summed E-state index contributed by atoms with van der Waals surface area (Å²) < 4.78 is 48.0. The minimum absolute atomic E-state index is 0.00675. The van der Waals surface area contributed by atoms with E-state index in [0.29, 0.717) is 5.76 Å². The lowest BCUT2D eigenvalue weighted by Gasteiger charge is -2.18. The van der Waals surface area contributed by atoms with Gasteiger partial charge in [-0.25, -0.2) is 17.5 Å². The van der Waals surface area contributed by atoms with Crippen LogP contribution in [0.2, 0.25) is 5.02 Å². The first kappa shape index (κ1) is 18.6. The molecule has 0 fully saturated rings. The predicted octanol–water partition coefficient (Wildman–Crippen LogP) is 3.45. The summed E-state index contributed by atoms with van der Waals surface area (Å²) >= 11 is 5.69. The van der Waals surface area contributed by atoms with E-state index in [0.717, 1.165) is 29.6 Å². The average Bonchev–Trinajstić information content (AvgIpc) is 3.20. The second-order valence-corrected chi connectivity index (χ2v) is 8.00. The van der Waals surface area contributed by atoms with Gasteiger partial charge in [0.05, 0.1) is 21.9 Å². The molecule has 0 aliphatic rings. The molecule has 0 amide bonds. The third-order valence-corrected chi connectivity index (χ3v) is 5.59. The molecule has 3 aromatic rings. The number of aryl methyl sites for hydroxylation is 2. The van der Waals surface area contributed by atoms with E-state index in [2.05, 4.69) is 9.82 Å². The Balaban J connectivity index is 1.88. The molecule has 1 atom stereocenters. The molecule has 0 radical (unpaired) electrons. The predicted molar refractivity (Wildman–Crippen MR) is 95.1 cm³/mol. The molecule has 0 saturated carbocycles. The fourth-order valence-electron chi connectivity index (χ4n) is 2.67. The van der Waals surface area contributed by atoms with E-state index in [4.69, 9.17) is 16.0 Å². The Bertz CT molecular complexity index is 1020. The molecule has 138 valence electrons. The standard InChI is InChI=1S/C17H17ClFN3O3S/c1-11-8-12(2)22(21-11)16(17-4-3-7-25-17)10-20-26(23,24)13-5-6-15(19)14(18)9-13/h3-9,16,20H,10H2,1-2H3. The third-order valence-electron chi connectivity index (χ3n) is 3.88. The zero-order valence-corrected chi connectivity index (χ0v) is 15.7. The van der Waals surface area contributed by atoms with Crippen molar-refractivity contribution in [2.45, 2.75) is 24.8 Å². The van der Waals surface area contributed by atoms with Crippen LogP contribution in [-0.4, -0.2) is 24.7 Å². The van der Waals surface area contributed by atoms with Crippen LogP contribution < -0.4 is 4.72 Å². The minimum atomic E-state index is -3.88. The van der Waals surface area contributed by atoms with Crippen LogP contribution in [0, 0.1) is 19.7 Å². The molecule has 0 aliphatic carbocycles. The average molecular weight is 398 g/mol. The molecule has 3 rings (SSSR count). The molecule has 9 heteroatoms. The summed E-state index contributed by atoms with van der Waals surface area (Å²) in [5.41, 5.74) is 1.68. The maximum Gasteiger partial charge on any atom is 0.240 e. The van der Waals surface area contributed by atoms with E-state index in [1.807, 2.05) is 19.9 Å². The van der Waals surface area contributed by atoms with Gasteiger partial charge < -0.3 is 4.42 Å². The number of nitrogens with zero attached hydrogens (tertiary/aromatic N) is 2. The van der Waals surface area contributed by atoms with Gasteiger partial charge in [0.2, 0.25) is 10.0 Å². The van der Waals surface area contributed by atoms with E-state index in [1.165, 1.54) is 6.26 Å². The van der Waals surface area contributed by atoms with Gasteiger partial charge in [-0.3, -0.25) is 4.68 Å². The highest BCUT2D eigenvalue weighted by atomic mass is 35.5. The van der Waals surface area contributed by atoms with Gasteiger partial charge in [0.1, 0.15) is 17.6 Å². The molecule has 1 N–H and O–H groups in total. The first-order valence-electron chi connectivity index (χ1n) is 7.79. The van der Waals surface area contributed by atoms with Crippen molar-refractivity contribution in [3.05, 3.63) is 70.6 Å². The van der Waals surface area contributed by atoms with E-state index < -0.39 is 21.9 Å². The molecule has 2 aromatic heterocycles. The Hall–Kier alpha value is -2.16. The summed E-state index contributed by atoms with van der Waals surface area (Å²) in [7, 11) is -3.88. The molecular formula is C17H17ClFN3O3S. The Kier molecular flexibility index (Phi) is 5.17. The van der Waals surface area contributed by atoms with Crippen molar-refractivity contribution < 1.29 is 17.2 Å². The topological polar surface area (TPSA) is 77.1 Å². The van der Waals surface area contributed by atoms with Gasteiger partial charge in [0.25, 0.3) is 0 Å². The fourth-order valence-corrected chi connectivity index (χ4v) is 3.98. The summed E-state index contributed by atoms with van der Waals surface area (Å²) in [6.45, 7) is 3.74. The maximum absolute atomic E-state index is 13.3. The Morgan fingerprint density at radius 3 is 2.65 bits per heavy atom. The quantitative estimate of drug-likeness (QED) is 0.691. The smallest absolute Gasteiger partial charge is 0.240 e. The highest BCUT2D eigenvalue weighted by molar-refractivity contribution is 7.89. The number of aromatic nitrogens is 2. The Morgan fingerprint density at radius 2 is 2.08 bits per heavy atom. The number of sulfonamides is 1. The molecule has 0 aliphatic heterocycles. The number of halogens is 2. The summed E-state index contributed by atoms with van der Waals surface area (Å²) in [6, 6.07) is 8.15. The van der Waals surface area contributed by atoms with Crippen molar-refractivity contribution in [2.24, 2.45) is 0 Å². The summed E-state index contributed by atoms with van der Waals surface area (Å²) in [6.07, 6.45) is 1.52. The van der Waals surface area contributed by atoms with Gasteiger partial charge in [-0.05, 0) is 50.2 Å². The molecule has 0 saturated heterocycles. The largest absolute Gasteiger partial charge is 0.467 e. The van der Waals surface area contributed by atoms with E-state index >= 15 is 0 Å². The van der Waals surface area contributed by atoms with Gasteiger partial charge in [-0.1, -0.05) is 11.6 Å². The highest BCUT2D eigenvalue weighted by Crippen LogP contribution is 2.23. The third kappa shape index (κ3) is 3.82. The molecule has 26 heavy (non-hydrogen) atoms. The van der Waals surface area contributed by atoms with Crippen LogP contribution in [0.5, 0.6) is 0 Å². The first-order chi connectivity index (χ1) is 12.3. The van der Waals surface area contributed by atoms with Crippen molar-refractivity contribution in [3.63, 3.8) is 0 Å². The van der Waals surface area contributed by atoms with E-state index in [1.54, 1.807) is 16.8 Å². The van der Waals surface area contributed by atoms with Gasteiger partial charge >= 0.3 is 0 Å². The number of furan rings is 1. The van der Waals surface area contributed by atoms with Crippen LogP contribution in [0.4, 0.5) is 4.39 Å². The molecule has 0 spiro atoms. The van der Waals surface area contributed by atoms with E-state index in [-0.39, 0.29) is 16.5 Å². The summed E-state index contributed by atoms with van der Waals surface area (Å²) in [4.78, 5) is -0.115. The molecule has 2 heterocycles. The number of benzene rings is 1. The second-order valence-electron chi connectivity index (χ2n) is 5.83. The van der Waals surface area contributed by atoms with Gasteiger partial charge in [-0.2, -0.15) is 5.10 Å².